The number of carboxylic acid groups (broad SMARTS) is 1. The zero-order valence-electron chi connectivity index (χ0n) is 9.47. The largest absolute Gasteiger partial charge is 0.465 e. The summed E-state index contributed by atoms with van der Waals surface area (Å²) < 4.78 is 24.1. The molecule has 0 bridgehead atoms. The van der Waals surface area contributed by atoms with Crippen molar-refractivity contribution in [1.82, 2.24) is 10.2 Å². The highest BCUT2D eigenvalue weighted by Crippen LogP contribution is 2.15. The fourth-order valence-electron chi connectivity index (χ4n) is 2.08. The van der Waals surface area contributed by atoms with Crippen LogP contribution in [-0.2, 0) is 9.47 Å². The Morgan fingerprint density at radius 1 is 1.47 bits per heavy atom. The lowest BCUT2D eigenvalue weighted by molar-refractivity contribution is -0.0437. The van der Waals surface area contributed by atoms with E-state index < -0.39 is 12.3 Å². The molecule has 0 saturated carbocycles. The summed E-state index contributed by atoms with van der Waals surface area (Å²) in [7, 11) is 0. The van der Waals surface area contributed by atoms with Crippen molar-refractivity contribution < 1.29 is 23.8 Å². The molecule has 2 N–H and O–H groups in total. The molecule has 0 unspecified atom stereocenters. The number of ether oxygens (including phenoxy) is 2. The van der Waals surface area contributed by atoms with Gasteiger partial charge in [0.1, 0.15) is 6.17 Å². The third-order valence-electron chi connectivity index (χ3n) is 3.05. The van der Waals surface area contributed by atoms with Crippen LogP contribution in [0.3, 0.4) is 0 Å². The maximum absolute atomic E-state index is 13.7. The summed E-state index contributed by atoms with van der Waals surface area (Å²) in [6.45, 7) is 1.88. The van der Waals surface area contributed by atoms with Crippen molar-refractivity contribution >= 4 is 6.09 Å². The number of hydrogen-bond donors (Lipinski definition) is 2. The van der Waals surface area contributed by atoms with Crippen molar-refractivity contribution in [3.8, 4) is 0 Å². The summed E-state index contributed by atoms with van der Waals surface area (Å²) in [6, 6.07) is -0.321. The van der Waals surface area contributed by atoms with E-state index in [0.717, 1.165) is 4.90 Å². The number of nitrogens with zero attached hydrogens (tertiary/aromatic N) is 1. The highest BCUT2D eigenvalue weighted by Gasteiger charge is 2.31. The van der Waals surface area contributed by atoms with Crippen molar-refractivity contribution in [3.63, 3.8) is 0 Å². The van der Waals surface area contributed by atoms with Crippen LogP contribution in [0.25, 0.3) is 0 Å². The molecule has 0 aromatic carbocycles. The number of piperidine rings is 1. The SMILES string of the molecule is O=C(O)N1CC[C@@H](NCC2OCCO2)[C@@H](F)C1. The van der Waals surface area contributed by atoms with Crippen molar-refractivity contribution in [2.24, 2.45) is 0 Å². The van der Waals surface area contributed by atoms with Gasteiger partial charge in [-0.2, -0.15) is 0 Å². The average Bonchev–Trinajstić information content (AvgIpc) is 2.80. The number of carbonyl (C=O) groups is 1. The predicted octanol–water partition coefficient (Wildman–Crippen LogP) is 0.0393. The van der Waals surface area contributed by atoms with Crippen LogP contribution in [0, 0.1) is 0 Å². The molecule has 2 heterocycles. The van der Waals surface area contributed by atoms with Crippen molar-refractivity contribution in [3.05, 3.63) is 0 Å². The van der Waals surface area contributed by atoms with E-state index in [-0.39, 0.29) is 18.9 Å². The van der Waals surface area contributed by atoms with Crippen LogP contribution >= 0.6 is 0 Å². The molecule has 1 amide bonds. The van der Waals surface area contributed by atoms with Crippen LogP contribution in [0.2, 0.25) is 0 Å². The maximum Gasteiger partial charge on any atom is 0.407 e. The van der Waals surface area contributed by atoms with Gasteiger partial charge in [-0.05, 0) is 6.42 Å². The third kappa shape index (κ3) is 3.27. The first-order valence-electron chi connectivity index (χ1n) is 5.75. The molecule has 0 aromatic rings. The molecule has 17 heavy (non-hydrogen) atoms. The van der Waals surface area contributed by atoms with Gasteiger partial charge in [-0.25, -0.2) is 9.18 Å². The first kappa shape index (κ1) is 12.5. The quantitative estimate of drug-likeness (QED) is 0.738. The summed E-state index contributed by atoms with van der Waals surface area (Å²) in [4.78, 5) is 11.8. The summed E-state index contributed by atoms with van der Waals surface area (Å²) in [5, 5.41) is 11.8. The topological polar surface area (TPSA) is 71.0 Å². The van der Waals surface area contributed by atoms with Gasteiger partial charge in [-0.1, -0.05) is 0 Å². The summed E-state index contributed by atoms with van der Waals surface area (Å²) >= 11 is 0. The zero-order chi connectivity index (χ0) is 12.3. The number of nitrogens with one attached hydrogen (secondary N) is 1. The number of hydrogen-bond acceptors (Lipinski definition) is 4. The Hall–Kier alpha value is -0.920. The van der Waals surface area contributed by atoms with Gasteiger partial charge in [0.25, 0.3) is 0 Å². The average molecular weight is 248 g/mol. The van der Waals surface area contributed by atoms with Crippen molar-refractivity contribution in [1.29, 1.82) is 0 Å². The molecule has 2 aliphatic rings. The fraction of sp³-hybridized carbons (Fsp3) is 0.900. The minimum absolute atomic E-state index is 0.0701. The van der Waals surface area contributed by atoms with Crippen LogP contribution in [0.15, 0.2) is 0 Å². The molecule has 0 aromatic heterocycles. The van der Waals surface area contributed by atoms with Crippen molar-refractivity contribution in [2.45, 2.75) is 24.9 Å². The van der Waals surface area contributed by atoms with E-state index in [2.05, 4.69) is 5.32 Å². The Labute approximate surface area is 98.7 Å². The summed E-state index contributed by atoms with van der Waals surface area (Å²) in [6.07, 6.45) is -2.07. The predicted molar refractivity (Wildman–Crippen MR) is 56.6 cm³/mol. The van der Waals surface area contributed by atoms with Crippen molar-refractivity contribution in [2.75, 3.05) is 32.8 Å². The van der Waals surface area contributed by atoms with Gasteiger partial charge >= 0.3 is 6.09 Å². The summed E-state index contributed by atoms with van der Waals surface area (Å²) in [5.41, 5.74) is 0. The molecule has 98 valence electrons. The number of likely N-dealkylation sites (tertiary alicyclic amines) is 1. The lowest BCUT2D eigenvalue weighted by atomic mass is 10.0. The monoisotopic (exact) mass is 248 g/mol. The molecule has 2 aliphatic heterocycles. The number of amides is 1. The van der Waals surface area contributed by atoms with Crippen LogP contribution < -0.4 is 5.32 Å². The Morgan fingerprint density at radius 2 is 2.18 bits per heavy atom. The zero-order valence-corrected chi connectivity index (χ0v) is 9.47. The highest BCUT2D eigenvalue weighted by atomic mass is 19.1. The second-order valence-electron chi connectivity index (χ2n) is 4.22. The van der Waals surface area contributed by atoms with Gasteiger partial charge < -0.3 is 24.8 Å². The van der Waals surface area contributed by atoms with Crippen LogP contribution in [0.5, 0.6) is 0 Å². The molecule has 0 aliphatic carbocycles. The molecule has 2 fully saturated rings. The van der Waals surface area contributed by atoms with E-state index >= 15 is 0 Å². The molecular formula is C10H17FN2O4. The van der Waals surface area contributed by atoms with Gasteiger partial charge in [0, 0.05) is 19.1 Å². The molecule has 2 saturated heterocycles. The van der Waals surface area contributed by atoms with Gasteiger partial charge in [-0.3, -0.25) is 0 Å². The highest BCUT2D eigenvalue weighted by molar-refractivity contribution is 5.65. The Kier molecular flexibility index (Phi) is 4.14. The Morgan fingerprint density at radius 3 is 2.76 bits per heavy atom. The van der Waals surface area contributed by atoms with E-state index in [4.69, 9.17) is 14.6 Å². The Balaban J connectivity index is 1.73. The number of alkyl halides is 1. The molecular weight excluding hydrogens is 231 g/mol. The van der Waals surface area contributed by atoms with Gasteiger partial charge in [0.05, 0.1) is 19.8 Å². The lowest BCUT2D eigenvalue weighted by Gasteiger charge is -2.33. The van der Waals surface area contributed by atoms with Gasteiger partial charge in [0.2, 0.25) is 0 Å². The minimum Gasteiger partial charge on any atom is -0.465 e. The molecule has 2 rings (SSSR count). The molecule has 7 heteroatoms. The lowest BCUT2D eigenvalue weighted by Crippen LogP contribution is -2.53. The van der Waals surface area contributed by atoms with E-state index in [0.29, 0.717) is 32.7 Å². The standard InChI is InChI=1S/C10H17FN2O4/c11-7-6-13(10(14)15)2-1-8(7)12-5-9-16-3-4-17-9/h7-9,12H,1-6H2,(H,14,15)/t7-,8+/m0/s1. The van der Waals surface area contributed by atoms with Crippen LogP contribution in [-0.4, -0.2) is 67.5 Å². The Bertz CT molecular complexity index is 273. The first-order chi connectivity index (χ1) is 8.16. The summed E-state index contributed by atoms with van der Waals surface area (Å²) in [5.74, 6) is 0. The fourth-order valence-corrected chi connectivity index (χ4v) is 2.08. The second-order valence-corrected chi connectivity index (χ2v) is 4.22. The molecule has 6 nitrogen and oxygen atoms in total. The molecule has 0 radical (unpaired) electrons. The number of halogens is 1. The first-order valence-corrected chi connectivity index (χ1v) is 5.75. The maximum atomic E-state index is 13.7. The van der Waals surface area contributed by atoms with E-state index in [1.54, 1.807) is 0 Å². The van der Waals surface area contributed by atoms with E-state index in [1.165, 1.54) is 0 Å². The minimum atomic E-state index is -1.18. The molecule has 0 spiro atoms. The van der Waals surface area contributed by atoms with Gasteiger partial charge in [-0.15, -0.1) is 0 Å². The van der Waals surface area contributed by atoms with E-state index in [1.807, 2.05) is 0 Å². The van der Waals surface area contributed by atoms with Crippen LogP contribution in [0.1, 0.15) is 6.42 Å². The third-order valence-corrected chi connectivity index (χ3v) is 3.05. The van der Waals surface area contributed by atoms with Crippen LogP contribution in [0.4, 0.5) is 9.18 Å². The smallest absolute Gasteiger partial charge is 0.407 e. The normalized spacial score (nSPS) is 30.8. The second kappa shape index (κ2) is 5.61. The molecule has 2 atom stereocenters. The van der Waals surface area contributed by atoms with E-state index in [9.17, 15) is 9.18 Å². The van der Waals surface area contributed by atoms with Gasteiger partial charge in [0.15, 0.2) is 6.29 Å². The number of rotatable bonds is 3.